The minimum absolute atomic E-state index is 0.153. The Morgan fingerprint density at radius 1 is 0.853 bits per heavy atom. The van der Waals surface area contributed by atoms with Crippen molar-refractivity contribution in [1.82, 2.24) is 19.8 Å². The molecule has 9 heteroatoms. The van der Waals surface area contributed by atoms with Crippen LogP contribution in [0.15, 0.2) is 60.7 Å². The molecule has 2 heterocycles. The SMILES string of the molecule is COc1cc(OC)nc(C(c2ccccc2)N2CCN(C(=O)Nc3ccccc3OC)CC2)n1. The van der Waals surface area contributed by atoms with Crippen molar-refractivity contribution in [2.45, 2.75) is 6.04 Å². The van der Waals surface area contributed by atoms with Crippen molar-refractivity contribution in [3.05, 3.63) is 72.1 Å². The zero-order valence-electron chi connectivity index (χ0n) is 19.6. The number of nitrogens with zero attached hydrogens (tertiary/aromatic N) is 4. The molecule has 1 aliphatic rings. The van der Waals surface area contributed by atoms with Crippen molar-refractivity contribution in [2.75, 3.05) is 52.8 Å². The molecule has 1 atom stereocenters. The number of rotatable bonds is 7. The normalized spacial score (nSPS) is 14.9. The molecule has 1 aromatic heterocycles. The van der Waals surface area contributed by atoms with E-state index in [1.54, 1.807) is 32.3 Å². The van der Waals surface area contributed by atoms with E-state index in [-0.39, 0.29) is 12.1 Å². The first-order valence-electron chi connectivity index (χ1n) is 11.1. The van der Waals surface area contributed by atoms with E-state index in [1.807, 2.05) is 42.5 Å². The number of nitrogens with one attached hydrogen (secondary N) is 1. The standard InChI is InChI=1S/C25H29N5O4/c1-32-20-12-8-7-11-19(20)26-25(31)30-15-13-29(14-16-30)23(18-9-5-4-6-10-18)24-27-21(33-2)17-22(28-24)34-3/h4-12,17,23H,13-16H2,1-3H3,(H,26,31). The van der Waals surface area contributed by atoms with Gasteiger partial charge in [0.15, 0.2) is 5.82 Å². The van der Waals surface area contributed by atoms with E-state index >= 15 is 0 Å². The fourth-order valence-corrected chi connectivity index (χ4v) is 4.04. The maximum Gasteiger partial charge on any atom is 0.322 e. The fourth-order valence-electron chi connectivity index (χ4n) is 4.04. The van der Waals surface area contributed by atoms with E-state index < -0.39 is 0 Å². The van der Waals surface area contributed by atoms with Crippen molar-refractivity contribution in [2.24, 2.45) is 0 Å². The predicted octanol–water partition coefficient (Wildman–Crippen LogP) is 3.44. The molecule has 0 radical (unpaired) electrons. The Labute approximate surface area is 199 Å². The van der Waals surface area contributed by atoms with Crippen molar-refractivity contribution < 1.29 is 19.0 Å². The van der Waals surface area contributed by atoms with Gasteiger partial charge in [-0.2, -0.15) is 9.97 Å². The lowest BCUT2D eigenvalue weighted by Gasteiger charge is -2.38. The number of ether oxygens (including phenoxy) is 3. The second-order valence-electron chi connectivity index (χ2n) is 7.78. The lowest BCUT2D eigenvalue weighted by atomic mass is 10.0. The van der Waals surface area contributed by atoms with Gasteiger partial charge in [0.25, 0.3) is 0 Å². The van der Waals surface area contributed by atoms with Gasteiger partial charge in [-0.3, -0.25) is 4.90 Å². The monoisotopic (exact) mass is 463 g/mol. The number of methoxy groups -OCH3 is 3. The number of aromatic nitrogens is 2. The Balaban J connectivity index is 1.52. The highest BCUT2D eigenvalue weighted by Crippen LogP contribution is 2.30. The van der Waals surface area contributed by atoms with Crippen LogP contribution in [0.5, 0.6) is 17.5 Å². The van der Waals surface area contributed by atoms with E-state index in [0.717, 1.165) is 5.56 Å². The van der Waals surface area contributed by atoms with Gasteiger partial charge in [-0.15, -0.1) is 0 Å². The molecule has 1 fully saturated rings. The number of carbonyl (C=O) groups excluding carboxylic acids is 1. The third kappa shape index (κ3) is 5.20. The van der Waals surface area contributed by atoms with Crippen LogP contribution in [-0.4, -0.2) is 73.3 Å². The van der Waals surface area contributed by atoms with Gasteiger partial charge in [0.2, 0.25) is 11.8 Å². The molecule has 0 spiro atoms. The van der Waals surface area contributed by atoms with Crippen LogP contribution >= 0.6 is 0 Å². The maximum absolute atomic E-state index is 12.9. The quantitative estimate of drug-likeness (QED) is 0.574. The Morgan fingerprint density at radius 2 is 1.47 bits per heavy atom. The summed E-state index contributed by atoms with van der Waals surface area (Å²) in [5, 5.41) is 2.95. The summed E-state index contributed by atoms with van der Waals surface area (Å²) in [7, 11) is 4.73. The molecular weight excluding hydrogens is 434 g/mol. The molecule has 1 N–H and O–H groups in total. The van der Waals surface area contributed by atoms with Crippen LogP contribution in [-0.2, 0) is 0 Å². The highest BCUT2D eigenvalue weighted by atomic mass is 16.5. The van der Waals surface area contributed by atoms with Gasteiger partial charge >= 0.3 is 6.03 Å². The highest BCUT2D eigenvalue weighted by molar-refractivity contribution is 5.91. The zero-order valence-corrected chi connectivity index (χ0v) is 19.6. The van der Waals surface area contributed by atoms with E-state index in [0.29, 0.717) is 55.2 Å². The van der Waals surface area contributed by atoms with Crippen LogP contribution in [0.2, 0.25) is 0 Å². The average Bonchev–Trinajstić information content (AvgIpc) is 2.90. The molecule has 4 rings (SSSR count). The number of hydrogen-bond donors (Lipinski definition) is 1. The molecule has 2 amide bonds. The molecule has 178 valence electrons. The Hall–Kier alpha value is -3.85. The van der Waals surface area contributed by atoms with Gasteiger partial charge < -0.3 is 24.4 Å². The Bertz CT molecular complexity index is 1080. The van der Waals surface area contributed by atoms with Crippen molar-refractivity contribution in [1.29, 1.82) is 0 Å². The number of para-hydroxylation sites is 2. The third-order valence-corrected chi connectivity index (χ3v) is 5.79. The molecule has 0 aliphatic carbocycles. The largest absolute Gasteiger partial charge is 0.495 e. The molecule has 0 saturated carbocycles. The summed E-state index contributed by atoms with van der Waals surface area (Å²) < 4.78 is 16.1. The van der Waals surface area contributed by atoms with Gasteiger partial charge in [0.1, 0.15) is 5.75 Å². The average molecular weight is 464 g/mol. The number of hydrogen-bond acceptors (Lipinski definition) is 7. The summed E-state index contributed by atoms with van der Waals surface area (Å²) in [5.74, 6) is 2.10. The van der Waals surface area contributed by atoms with Crippen LogP contribution in [0, 0.1) is 0 Å². The fraction of sp³-hybridized carbons (Fsp3) is 0.320. The molecule has 1 unspecified atom stereocenters. The van der Waals surface area contributed by atoms with Crippen molar-refractivity contribution in [3.63, 3.8) is 0 Å². The number of piperazine rings is 1. The summed E-state index contributed by atoms with van der Waals surface area (Å²) in [6.45, 7) is 2.43. The van der Waals surface area contributed by atoms with Crippen LogP contribution < -0.4 is 19.5 Å². The van der Waals surface area contributed by atoms with Gasteiger partial charge in [-0.1, -0.05) is 42.5 Å². The van der Waals surface area contributed by atoms with E-state index in [2.05, 4.69) is 32.3 Å². The molecule has 0 bridgehead atoms. The summed E-state index contributed by atoms with van der Waals surface area (Å²) in [6.07, 6.45) is 0. The Morgan fingerprint density at radius 3 is 2.09 bits per heavy atom. The second-order valence-corrected chi connectivity index (χ2v) is 7.78. The minimum Gasteiger partial charge on any atom is -0.495 e. The van der Waals surface area contributed by atoms with Gasteiger partial charge in [-0.05, 0) is 17.7 Å². The van der Waals surface area contributed by atoms with E-state index in [1.165, 1.54) is 0 Å². The van der Waals surface area contributed by atoms with Gasteiger partial charge in [0.05, 0.1) is 39.1 Å². The number of benzene rings is 2. The lowest BCUT2D eigenvalue weighted by Crippen LogP contribution is -2.51. The number of carbonyl (C=O) groups is 1. The van der Waals surface area contributed by atoms with Crippen molar-refractivity contribution in [3.8, 4) is 17.5 Å². The molecule has 34 heavy (non-hydrogen) atoms. The first kappa shape index (κ1) is 23.3. The van der Waals surface area contributed by atoms with Crippen LogP contribution in [0.1, 0.15) is 17.4 Å². The molecule has 3 aromatic rings. The van der Waals surface area contributed by atoms with Crippen LogP contribution in [0.25, 0.3) is 0 Å². The molecule has 2 aromatic carbocycles. The minimum atomic E-state index is -0.204. The summed E-state index contributed by atoms with van der Waals surface area (Å²) in [6, 6.07) is 18.8. The first-order chi connectivity index (χ1) is 16.6. The zero-order chi connectivity index (χ0) is 23.9. The molecule has 1 aliphatic heterocycles. The highest BCUT2D eigenvalue weighted by Gasteiger charge is 2.31. The third-order valence-electron chi connectivity index (χ3n) is 5.79. The van der Waals surface area contributed by atoms with E-state index in [4.69, 9.17) is 14.2 Å². The second kappa shape index (κ2) is 10.8. The molecular formula is C25H29N5O4. The first-order valence-corrected chi connectivity index (χ1v) is 11.1. The lowest BCUT2D eigenvalue weighted by molar-refractivity contribution is 0.123. The number of anilines is 1. The smallest absolute Gasteiger partial charge is 0.322 e. The predicted molar refractivity (Wildman–Crippen MR) is 129 cm³/mol. The summed E-state index contributed by atoms with van der Waals surface area (Å²) >= 11 is 0. The van der Waals surface area contributed by atoms with Crippen LogP contribution in [0.4, 0.5) is 10.5 Å². The van der Waals surface area contributed by atoms with Crippen molar-refractivity contribution >= 4 is 11.7 Å². The van der Waals surface area contributed by atoms with Crippen LogP contribution in [0.3, 0.4) is 0 Å². The maximum atomic E-state index is 12.9. The number of amides is 2. The van der Waals surface area contributed by atoms with E-state index in [9.17, 15) is 4.79 Å². The van der Waals surface area contributed by atoms with Gasteiger partial charge in [0, 0.05) is 26.2 Å². The molecule has 1 saturated heterocycles. The Kier molecular flexibility index (Phi) is 7.44. The van der Waals surface area contributed by atoms with Gasteiger partial charge in [-0.25, -0.2) is 4.79 Å². The number of urea groups is 1. The summed E-state index contributed by atoms with van der Waals surface area (Å²) in [4.78, 5) is 26.2. The molecule has 9 nitrogen and oxygen atoms in total. The topological polar surface area (TPSA) is 89.1 Å². The summed E-state index contributed by atoms with van der Waals surface area (Å²) in [5.41, 5.74) is 1.71.